The van der Waals surface area contributed by atoms with Crippen molar-refractivity contribution in [2.24, 2.45) is 0 Å². The minimum absolute atomic E-state index is 0.398. The molecule has 0 spiro atoms. The standard InChI is InChI=1S/C12H13Cl2NO/c1-2-3-6-15-8-12(16)10-7-9(13)4-5-11(10)14/h4-5,7,12,15-16H,6,8H2,1H3. The number of hydrogen-bond acceptors (Lipinski definition) is 2. The molecule has 1 rings (SSSR count). The van der Waals surface area contributed by atoms with Crippen molar-refractivity contribution in [3.8, 4) is 11.8 Å². The Bertz CT molecular complexity index is 409. The number of nitrogens with one attached hydrogen (secondary N) is 1. The van der Waals surface area contributed by atoms with Crippen LogP contribution in [0.5, 0.6) is 0 Å². The molecule has 0 aliphatic rings. The van der Waals surface area contributed by atoms with Gasteiger partial charge in [0, 0.05) is 22.2 Å². The van der Waals surface area contributed by atoms with Crippen LogP contribution >= 0.6 is 23.2 Å². The third-order valence-corrected chi connectivity index (χ3v) is 2.62. The van der Waals surface area contributed by atoms with E-state index in [0.717, 1.165) is 0 Å². The number of benzene rings is 1. The number of aliphatic hydroxyl groups is 1. The Morgan fingerprint density at radius 2 is 2.19 bits per heavy atom. The largest absolute Gasteiger partial charge is 0.387 e. The zero-order chi connectivity index (χ0) is 12.0. The summed E-state index contributed by atoms with van der Waals surface area (Å²) in [6.45, 7) is 2.71. The van der Waals surface area contributed by atoms with Crippen molar-refractivity contribution in [1.29, 1.82) is 0 Å². The van der Waals surface area contributed by atoms with Gasteiger partial charge in [0.1, 0.15) is 0 Å². The van der Waals surface area contributed by atoms with Gasteiger partial charge in [-0.05, 0) is 25.1 Å². The Morgan fingerprint density at radius 1 is 1.44 bits per heavy atom. The molecular formula is C12H13Cl2NO. The van der Waals surface area contributed by atoms with Crippen molar-refractivity contribution in [2.45, 2.75) is 13.0 Å². The van der Waals surface area contributed by atoms with E-state index in [1.54, 1.807) is 25.1 Å². The van der Waals surface area contributed by atoms with Crippen LogP contribution in [0.15, 0.2) is 18.2 Å². The molecule has 0 radical (unpaired) electrons. The second-order valence-corrected chi connectivity index (χ2v) is 4.08. The van der Waals surface area contributed by atoms with Gasteiger partial charge in [-0.3, -0.25) is 0 Å². The molecule has 0 fully saturated rings. The Labute approximate surface area is 106 Å². The van der Waals surface area contributed by atoms with E-state index in [2.05, 4.69) is 17.2 Å². The summed E-state index contributed by atoms with van der Waals surface area (Å²) >= 11 is 11.8. The van der Waals surface area contributed by atoms with Crippen LogP contribution < -0.4 is 5.32 Å². The smallest absolute Gasteiger partial charge is 0.0929 e. The summed E-state index contributed by atoms with van der Waals surface area (Å²) in [5, 5.41) is 14.0. The average Bonchev–Trinajstić information content (AvgIpc) is 2.27. The first kappa shape index (κ1) is 13.3. The van der Waals surface area contributed by atoms with Crippen molar-refractivity contribution < 1.29 is 5.11 Å². The first-order valence-corrected chi connectivity index (χ1v) is 5.64. The molecule has 0 bridgehead atoms. The number of halogens is 2. The summed E-state index contributed by atoms with van der Waals surface area (Å²) in [5.74, 6) is 5.61. The van der Waals surface area contributed by atoms with E-state index in [1.165, 1.54) is 0 Å². The lowest BCUT2D eigenvalue weighted by Gasteiger charge is -2.12. The fraction of sp³-hybridized carbons (Fsp3) is 0.333. The zero-order valence-corrected chi connectivity index (χ0v) is 10.4. The van der Waals surface area contributed by atoms with Crippen molar-refractivity contribution in [3.05, 3.63) is 33.8 Å². The summed E-state index contributed by atoms with van der Waals surface area (Å²) in [5.41, 5.74) is 0.631. The molecule has 0 aliphatic heterocycles. The van der Waals surface area contributed by atoms with Gasteiger partial charge in [0.25, 0.3) is 0 Å². The second-order valence-electron chi connectivity index (χ2n) is 3.24. The summed E-state index contributed by atoms with van der Waals surface area (Å²) in [6.07, 6.45) is -0.676. The maximum absolute atomic E-state index is 9.87. The van der Waals surface area contributed by atoms with Gasteiger partial charge >= 0.3 is 0 Å². The van der Waals surface area contributed by atoms with Gasteiger partial charge in [-0.25, -0.2) is 0 Å². The molecule has 0 aromatic heterocycles. The summed E-state index contributed by atoms with van der Waals surface area (Å²) in [6, 6.07) is 5.03. The summed E-state index contributed by atoms with van der Waals surface area (Å²) in [7, 11) is 0. The molecule has 0 amide bonds. The average molecular weight is 258 g/mol. The molecule has 2 nitrogen and oxygen atoms in total. The fourth-order valence-electron chi connectivity index (χ4n) is 1.24. The van der Waals surface area contributed by atoms with Crippen LogP contribution in [-0.4, -0.2) is 18.2 Å². The molecule has 86 valence electrons. The molecule has 0 saturated carbocycles. The number of aliphatic hydroxyl groups excluding tert-OH is 1. The zero-order valence-electron chi connectivity index (χ0n) is 8.93. The van der Waals surface area contributed by atoms with E-state index in [0.29, 0.717) is 28.7 Å². The molecule has 1 aromatic rings. The predicted octanol–water partition coefficient (Wildman–Crippen LogP) is 2.64. The highest BCUT2D eigenvalue weighted by Crippen LogP contribution is 2.25. The van der Waals surface area contributed by atoms with Crippen LogP contribution in [0.2, 0.25) is 10.0 Å². The molecule has 16 heavy (non-hydrogen) atoms. The molecule has 4 heteroatoms. The van der Waals surface area contributed by atoms with E-state index in [1.807, 2.05) is 0 Å². The van der Waals surface area contributed by atoms with Crippen LogP contribution in [-0.2, 0) is 0 Å². The molecule has 0 heterocycles. The Balaban J connectivity index is 2.60. The van der Waals surface area contributed by atoms with Crippen LogP contribution in [0.25, 0.3) is 0 Å². The Morgan fingerprint density at radius 3 is 2.88 bits per heavy atom. The molecular weight excluding hydrogens is 245 g/mol. The number of rotatable bonds is 4. The van der Waals surface area contributed by atoms with E-state index >= 15 is 0 Å². The predicted molar refractivity (Wildman–Crippen MR) is 67.7 cm³/mol. The minimum atomic E-state index is -0.676. The lowest BCUT2D eigenvalue weighted by atomic mass is 10.1. The quantitative estimate of drug-likeness (QED) is 0.642. The van der Waals surface area contributed by atoms with Crippen molar-refractivity contribution in [3.63, 3.8) is 0 Å². The lowest BCUT2D eigenvalue weighted by Crippen LogP contribution is -2.21. The van der Waals surface area contributed by atoms with Gasteiger partial charge in [0.05, 0.1) is 12.6 Å². The molecule has 0 saturated heterocycles. The SMILES string of the molecule is CC#CCNCC(O)c1cc(Cl)ccc1Cl. The Hall–Kier alpha value is -0.720. The summed E-state index contributed by atoms with van der Waals surface area (Å²) < 4.78 is 0. The van der Waals surface area contributed by atoms with Gasteiger partial charge in [0.2, 0.25) is 0 Å². The van der Waals surface area contributed by atoms with Crippen molar-refractivity contribution >= 4 is 23.2 Å². The van der Waals surface area contributed by atoms with Gasteiger partial charge < -0.3 is 10.4 Å². The maximum atomic E-state index is 9.87. The minimum Gasteiger partial charge on any atom is -0.387 e. The third kappa shape index (κ3) is 4.03. The highest BCUT2D eigenvalue weighted by molar-refractivity contribution is 6.33. The number of hydrogen-bond donors (Lipinski definition) is 2. The first-order valence-electron chi connectivity index (χ1n) is 4.88. The normalized spacial score (nSPS) is 11.8. The second kappa shape index (κ2) is 6.78. The van der Waals surface area contributed by atoms with Crippen LogP contribution in [0.1, 0.15) is 18.6 Å². The fourth-order valence-corrected chi connectivity index (χ4v) is 1.66. The molecule has 1 aromatic carbocycles. The van der Waals surface area contributed by atoms with E-state index in [9.17, 15) is 5.11 Å². The van der Waals surface area contributed by atoms with Crippen LogP contribution in [0.3, 0.4) is 0 Å². The highest BCUT2D eigenvalue weighted by atomic mass is 35.5. The highest BCUT2D eigenvalue weighted by Gasteiger charge is 2.11. The lowest BCUT2D eigenvalue weighted by molar-refractivity contribution is 0.176. The molecule has 1 unspecified atom stereocenters. The molecule has 1 atom stereocenters. The molecule has 2 N–H and O–H groups in total. The van der Waals surface area contributed by atoms with E-state index in [-0.39, 0.29) is 0 Å². The van der Waals surface area contributed by atoms with Gasteiger partial charge in [-0.15, -0.1) is 5.92 Å². The monoisotopic (exact) mass is 257 g/mol. The Kier molecular flexibility index (Phi) is 5.65. The first-order chi connectivity index (χ1) is 7.65. The third-order valence-electron chi connectivity index (χ3n) is 2.04. The van der Waals surface area contributed by atoms with Gasteiger partial charge in [-0.2, -0.15) is 0 Å². The summed E-state index contributed by atoms with van der Waals surface area (Å²) in [4.78, 5) is 0. The van der Waals surface area contributed by atoms with E-state index < -0.39 is 6.10 Å². The van der Waals surface area contributed by atoms with Crippen molar-refractivity contribution in [1.82, 2.24) is 5.32 Å². The van der Waals surface area contributed by atoms with Crippen LogP contribution in [0, 0.1) is 11.8 Å². The molecule has 0 aliphatic carbocycles. The van der Waals surface area contributed by atoms with Crippen LogP contribution in [0.4, 0.5) is 0 Å². The van der Waals surface area contributed by atoms with Gasteiger partial charge in [-0.1, -0.05) is 29.1 Å². The maximum Gasteiger partial charge on any atom is 0.0929 e. The van der Waals surface area contributed by atoms with Gasteiger partial charge in [0.15, 0.2) is 0 Å². The van der Waals surface area contributed by atoms with E-state index in [4.69, 9.17) is 23.2 Å². The topological polar surface area (TPSA) is 32.3 Å². The van der Waals surface area contributed by atoms with Crippen molar-refractivity contribution in [2.75, 3.05) is 13.1 Å².